The molecule has 0 N–H and O–H groups in total. The summed E-state index contributed by atoms with van der Waals surface area (Å²) in [6.07, 6.45) is 5.37. The second-order valence-electron chi connectivity index (χ2n) is 9.19. The number of ether oxygens (including phenoxy) is 2. The van der Waals surface area contributed by atoms with Crippen LogP contribution in [0.15, 0.2) is 85.1 Å². The Morgan fingerprint density at radius 1 is 0.846 bits per heavy atom. The van der Waals surface area contributed by atoms with Crippen molar-refractivity contribution in [3.8, 4) is 28.4 Å². The fourth-order valence-corrected chi connectivity index (χ4v) is 4.74. The van der Waals surface area contributed by atoms with Gasteiger partial charge < -0.3 is 19.3 Å². The topological polar surface area (TPSA) is 59.8 Å². The van der Waals surface area contributed by atoms with Gasteiger partial charge in [-0.2, -0.15) is 5.10 Å². The van der Waals surface area contributed by atoms with Gasteiger partial charge in [0.05, 0.1) is 5.69 Å². The van der Waals surface area contributed by atoms with Gasteiger partial charge in [-0.15, -0.1) is 12.4 Å². The number of carbonyl (C=O) groups is 1. The van der Waals surface area contributed by atoms with E-state index in [9.17, 15) is 9.18 Å². The number of hydrogen-bond donors (Lipinski definition) is 0. The Labute approximate surface area is 232 Å². The van der Waals surface area contributed by atoms with Crippen LogP contribution in [0.3, 0.4) is 0 Å². The first-order chi connectivity index (χ1) is 18.6. The number of halogens is 2. The molecule has 6 rings (SSSR count). The standard InChI is InChI=1S/C30H27FN4O3.ClH/c31-24-8-10-25(11-9-24)33-14-16-34(17-15-33)29(36)13-7-23-21-35(26-4-2-1-3-5-26)32-30(23)22-6-12-27-28(20-22)38-19-18-37-27;/h1-13,20-21H,14-19H2;1H/b13-7+;. The minimum absolute atomic E-state index is 0. The quantitative estimate of drug-likeness (QED) is 0.321. The zero-order valence-electron chi connectivity index (χ0n) is 21.2. The van der Waals surface area contributed by atoms with Crippen LogP contribution in [0.25, 0.3) is 23.0 Å². The number of fused-ring (bicyclic) bond motifs is 1. The van der Waals surface area contributed by atoms with Gasteiger partial charge in [0.1, 0.15) is 24.7 Å². The molecule has 39 heavy (non-hydrogen) atoms. The first-order valence-corrected chi connectivity index (χ1v) is 12.7. The molecule has 2 aliphatic rings. The van der Waals surface area contributed by atoms with Crippen LogP contribution in [0.4, 0.5) is 10.1 Å². The molecule has 0 aliphatic carbocycles. The first kappa shape index (κ1) is 26.3. The average Bonchev–Trinajstić information content (AvgIpc) is 3.41. The van der Waals surface area contributed by atoms with Gasteiger partial charge in [-0.25, -0.2) is 9.07 Å². The van der Waals surface area contributed by atoms with Crippen molar-refractivity contribution in [1.82, 2.24) is 14.7 Å². The molecule has 0 radical (unpaired) electrons. The molecule has 0 saturated carbocycles. The molecule has 200 valence electrons. The van der Waals surface area contributed by atoms with E-state index in [-0.39, 0.29) is 24.1 Å². The highest BCUT2D eigenvalue weighted by Crippen LogP contribution is 2.35. The lowest BCUT2D eigenvalue weighted by molar-refractivity contribution is -0.126. The molecule has 9 heteroatoms. The highest BCUT2D eigenvalue weighted by Gasteiger charge is 2.21. The van der Waals surface area contributed by atoms with E-state index in [1.165, 1.54) is 12.1 Å². The zero-order chi connectivity index (χ0) is 25.9. The molecule has 1 fully saturated rings. The SMILES string of the molecule is Cl.O=C(/C=C/c1cn(-c2ccccc2)nc1-c1ccc2c(c1)OCCO2)N1CCN(c2ccc(F)cc2)CC1. The summed E-state index contributed by atoms with van der Waals surface area (Å²) in [5.41, 5.74) is 4.34. The summed E-state index contributed by atoms with van der Waals surface area (Å²) in [4.78, 5) is 17.1. The fraction of sp³-hybridized carbons (Fsp3) is 0.200. The summed E-state index contributed by atoms with van der Waals surface area (Å²) in [5, 5.41) is 4.85. The molecular weight excluding hydrogens is 519 g/mol. The van der Waals surface area contributed by atoms with Crippen molar-refractivity contribution in [3.05, 3.63) is 96.4 Å². The number of piperazine rings is 1. The second kappa shape index (κ2) is 11.6. The maximum atomic E-state index is 13.3. The number of aromatic nitrogens is 2. The van der Waals surface area contributed by atoms with Crippen molar-refractivity contribution >= 4 is 30.1 Å². The number of hydrogen-bond acceptors (Lipinski definition) is 5. The molecule has 1 saturated heterocycles. The van der Waals surface area contributed by atoms with Gasteiger partial charge in [-0.3, -0.25) is 4.79 Å². The van der Waals surface area contributed by atoms with Gasteiger partial charge in [0.15, 0.2) is 11.5 Å². The van der Waals surface area contributed by atoms with Crippen LogP contribution in [0, 0.1) is 5.82 Å². The number of rotatable bonds is 5. The summed E-state index contributed by atoms with van der Waals surface area (Å²) >= 11 is 0. The zero-order valence-corrected chi connectivity index (χ0v) is 22.0. The van der Waals surface area contributed by atoms with E-state index in [4.69, 9.17) is 14.6 Å². The van der Waals surface area contributed by atoms with E-state index in [2.05, 4.69) is 4.90 Å². The van der Waals surface area contributed by atoms with Gasteiger partial charge in [0, 0.05) is 55.3 Å². The molecule has 0 atom stereocenters. The molecule has 0 bridgehead atoms. The molecular formula is C30H28ClFN4O3. The van der Waals surface area contributed by atoms with Crippen molar-refractivity contribution < 1.29 is 18.7 Å². The molecule has 1 aromatic heterocycles. The van der Waals surface area contributed by atoms with Crippen molar-refractivity contribution in [3.63, 3.8) is 0 Å². The highest BCUT2D eigenvalue weighted by atomic mass is 35.5. The Kier molecular flexibility index (Phi) is 7.84. The van der Waals surface area contributed by atoms with Crippen LogP contribution < -0.4 is 14.4 Å². The Morgan fingerprint density at radius 3 is 2.31 bits per heavy atom. The third-order valence-electron chi connectivity index (χ3n) is 6.77. The highest BCUT2D eigenvalue weighted by molar-refractivity contribution is 5.93. The van der Waals surface area contributed by atoms with Gasteiger partial charge in [0.25, 0.3) is 0 Å². The van der Waals surface area contributed by atoms with E-state index in [1.54, 1.807) is 18.2 Å². The predicted molar refractivity (Wildman–Crippen MR) is 151 cm³/mol. The molecule has 3 heterocycles. The number of benzene rings is 3. The largest absolute Gasteiger partial charge is 0.486 e. The van der Waals surface area contributed by atoms with Crippen LogP contribution in [-0.4, -0.2) is 60.0 Å². The van der Waals surface area contributed by atoms with Crippen LogP contribution in [0.2, 0.25) is 0 Å². The molecule has 2 aliphatic heterocycles. The lowest BCUT2D eigenvalue weighted by atomic mass is 10.1. The van der Waals surface area contributed by atoms with Crippen LogP contribution in [-0.2, 0) is 4.79 Å². The molecule has 7 nitrogen and oxygen atoms in total. The van der Waals surface area contributed by atoms with E-state index in [0.717, 1.165) is 33.9 Å². The van der Waals surface area contributed by atoms with Gasteiger partial charge in [-0.1, -0.05) is 18.2 Å². The van der Waals surface area contributed by atoms with Crippen molar-refractivity contribution in [2.45, 2.75) is 0 Å². The van der Waals surface area contributed by atoms with Crippen LogP contribution in [0.1, 0.15) is 5.56 Å². The monoisotopic (exact) mass is 546 g/mol. The van der Waals surface area contributed by atoms with Crippen LogP contribution >= 0.6 is 12.4 Å². The van der Waals surface area contributed by atoms with Crippen LogP contribution in [0.5, 0.6) is 11.5 Å². The number of nitrogens with zero attached hydrogens (tertiary/aromatic N) is 4. The Hall–Kier alpha value is -4.30. The lowest BCUT2D eigenvalue weighted by Gasteiger charge is -2.35. The Bertz CT molecular complexity index is 1470. The number of anilines is 1. The van der Waals surface area contributed by atoms with Crippen molar-refractivity contribution in [2.75, 3.05) is 44.3 Å². The third kappa shape index (κ3) is 5.76. The Morgan fingerprint density at radius 2 is 1.56 bits per heavy atom. The smallest absolute Gasteiger partial charge is 0.246 e. The Balaban J connectivity index is 0.00000308. The fourth-order valence-electron chi connectivity index (χ4n) is 4.74. The number of amides is 1. The summed E-state index contributed by atoms with van der Waals surface area (Å²) in [5.74, 6) is 1.10. The van der Waals surface area contributed by atoms with E-state index in [1.807, 2.05) is 70.4 Å². The average molecular weight is 547 g/mol. The maximum absolute atomic E-state index is 13.3. The summed E-state index contributed by atoms with van der Waals surface area (Å²) in [6, 6.07) is 22.1. The summed E-state index contributed by atoms with van der Waals surface area (Å²) in [7, 11) is 0. The second-order valence-corrected chi connectivity index (χ2v) is 9.19. The van der Waals surface area contributed by atoms with Gasteiger partial charge in [0.2, 0.25) is 5.91 Å². The number of carbonyl (C=O) groups excluding carboxylic acids is 1. The van der Waals surface area contributed by atoms with Gasteiger partial charge in [-0.05, 0) is 60.7 Å². The molecule has 3 aromatic carbocycles. The minimum atomic E-state index is -0.251. The van der Waals surface area contributed by atoms with Crippen molar-refractivity contribution in [2.24, 2.45) is 0 Å². The van der Waals surface area contributed by atoms with Gasteiger partial charge >= 0.3 is 0 Å². The number of para-hydroxylation sites is 1. The van der Waals surface area contributed by atoms with E-state index in [0.29, 0.717) is 45.1 Å². The van der Waals surface area contributed by atoms with E-state index >= 15 is 0 Å². The molecule has 4 aromatic rings. The molecule has 0 spiro atoms. The third-order valence-corrected chi connectivity index (χ3v) is 6.77. The van der Waals surface area contributed by atoms with Crippen molar-refractivity contribution in [1.29, 1.82) is 0 Å². The first-order valence-electron chi connectivity index (χ1n) is 12.7. The predicted octanol–water partition coefficient (Wildman–Crippen LogP) is 5.23. The minimum Gasteiger partial charge on any atom is -0.486 e. The summed E-state index contributed by atoms with van der Waals surface area (Å²) < 4.78 is 26.5. The normalized spacial score (nSPS) is 14.8. The maximum Gasteiger partial charge on any atom is 0.246 e. The molecule has 1 amide bonds. The van der Waals surface area contributed by atoms with E-state index < -0.39 is 0 Å². The molecule has 0 unspecified atom stereocenters. The lowest BCUT2D eigenvalue weighted by Crippen LogP contribution is -2.48. The summed E-state index contributed by atoms with van der Waals surface area (Å²) in [6.45, 7) is 3.62.